The van der Waals surface area contributed by atoms with Gasteiger partial charge in [0.15, 0.2) is 5.78 Å². The lowest BCUT2D eigenvalue weighted by Gasteiger charge is -2.25. The molecule has 0 radical (unpaired) electrons. The topological polar surface area (TPSA) is 69.0 Å². The molecule has 1 saturated heterocycles. The van der Waals surface area contributed by atoms with E-state index in [0.29, 0.717) is 43.0 Å². The molecule has 6 heteroatoms. The smallest absolute Gasteiger partial charge is 0.347 e. The van der Waals surface area contributed by atoms with Crippen LogP contribution in [0, 0.1) is 0 Å². The van der Waals surface area contributed by atoms with Crippen LogP contribution in [0.25, 0.3) is 11.0 Å². The largest absolute Gasteiger partial charge is 0.497 e. The minimum Gasteiger partial charge on any atom is -0.497 e. The number of Topliss-reactive ketones (excluding diaryl/α,β-unsaturated/α-hetero) is 1. The Balaban J connectivity index is 1.88. The molecule has 1 aromatic carbocycles. The summed E-state index contributed by atoms with van der Waals surface area (Å²) in [6.45, 7) is 2.82. The second kappa shape index (κ2) is 6.29. The van der Waals surface area contributed by atoms with Crippen molar-refractivity contribution in [1.29, 1.82) is 0 Å². The van der Waals surface area contributed by atoms with Gasteiger partial charge in [-0.05, 0) is 18.2 Å². The van der Waals surface area contributed by atoms with E-state index in [1.807, 2.05) is 4.90 Å². The molecule has 0 unspecified atom stereocenters. The van der Waals surface area contributed by atoms with Gasteiger partial charge in [0.2, 0.25) is 0 Å². The summed E-state index contributed by atoms with van der Waals surface area (Å²) < 4.78 is 15.6. The SMILES string of the molecule is COc1ccc2cc(C(=O)CN3CCOCC3)c(=O)oc2c1. The van der Waals surface area contributed by atoms with E-state index in [0.717, 1.165) is 0 Å². The van der Waals surface area contributed by atoms with Gasteiger partial charge < -0.3 is 13.9 Å². The number of ketones is 1. The summed E-state index contributed by atoms with van der Waals surface area (Å²) in [5, 5.41) is 0.700. The van der Waals surface area contributed by atoms with E-state index in [1.54, 1.807) is 31.4 Å². The van der Waals surface area contributed by atoms with E-state index in [4.69, 9.17) is 13.9 Å². The molecule has 3 rings (SSSR count). The molecule has 0 saturated carbocycles. The number of hydrogen-bond donors (Lipinski definition) is 0. The molecular formula is C16H17NO5. The molecule has 1 aliphatic heterocycles. The Labute approximate surface area is 127 Å². The van der Waals surface area contributed by atoms with Gasteiger partial charge in [0.05, 0.1) is 26.9 Å². The third kappa shape index (κ3) is 3.03. The van der Waals surface area contributed by atoms with Gasteiger partial charge in [-0.3, -0.25) is 9.69 Å². The number of carbonyl (C=O) groups is 1. The maximum Gasteiger partial charge on any atom is 0.347 e. The van der Waals surface area contributed by atoms with Gasteiger partial charge in [-0.25, -0.2) is 4.79 Å². The molecule has 1 aromatic heterocycles. The molecule has 0 atom stereocenters. The maximum atomic E-state index is 12.3. The van der Waals surface area contributed by atoms with E-state index in [1.165, 1.54) is 0 Å². The van der Waals surface area contributed by atoms with Crippen LogP contribution >= 0.6 is 0 Å². The number of ether oxygens (including phenoxy) is 2. The molecular weight excluding hydrogens is 286 g/mol. The Morgan fingerprint density at radius 1 is 1.27 bits per heavy atom. The number of nitrogens with zero attached hydrogens (tertiary/aromatic N) is 1. The summed E-state index contributed by atoms with van der Waals surface area (Å²) in [4.78, 5) is 26.4. The van der Waals surface area contributed by atoms with Crippen LogP contribution in [0.4, 0.5) is 0 Å². The molecule has 6 nitrogen and oxygen atoms in total. The van der Waals surface area contributed by atoms with E-state index < -0.39 is 5.63 Å². The number of fused-ring (bicyclic) bond motifs is 1. The maximum absolute atomic E-state index is 12.3. The van der Waals surface area contributed by atoms with Gasteiger partial charge >= 0.3 is 5.63 Å². The Hall–Kier alpha value is -2.18. The van der Waals surface area contributed by atoms with E-state index in [9.17, 15) is 9.59 Å². The first-order valence-electron chi connectivity index (χ1n) is 7.12. The van der Waals surface area contributed by atoms with Crippen LogP contribution in [0.15, 0.2) is 33.5 Å². The minimum absolute atomic E-state index is 0.0872. The van der Waals surface area contributed by atoms with Crippen molar-refractivity contribution >= 4 is 16.8 Å². The van der Waals surface area contributed by atoms with Gasteiger partial charge in [0.25, 0.3) is 0 Å². The van der Waals surface area contributed by atoms with Crippen LogP contribution in [-0.2, 0) is 4.74 Å². The second-order valence-electron chi connectivity index (χ2n) is 5.16. The van der Waals surface area contributed by atoms with Crippen LogP contribution in [-0.4, -0.2) is 50.6 Å². The predicted octanol–water partition coefficient (Wildman–Crippen LogP) is 1.32. The van der Waals surface area contributed by atoms with Crippen molar-refractivity contribution in [3.05, 3.63) is 40.2 Å². The second-order valence-corrected chi connectivity index (χ2v) is 5.16. The third-order valence-electron chi connectivity index (χ3n) is 3.71. The van der Waals surface area contributed by atoms with E-state index in [2.05, 4.69) is 0 Å². The van der Waals surface area contributed by atoms with Crippen LogP contribution < -0.4 is 10.4 Å². The fourth-order valence-electron chi connectivity index (χ4n) is 2.46. The van der Waals surface area contributed by atoms with Gasteiger partial charge in [-0.2, -0.15) is 0 Å². The Morgan fingerprint density at radius 2 is 2.05 bits per heavy atom. The highest BCUT2D eigenvalue weighted by molar-refractivity contribution is 5.99. The highest BCUT2D eigenvalue weighted by Crippen LogP contribution is 2.20. The zero-order valence-corrected chi connectivity index (χ0v) is 12.3. The normalized spacial score (nSPS) is 15.9. The standard InChI is InChI=1S/C16H17NO5/c1-20-12-3-2-11-8-13(16(19)22-15(11)9-12)14(18)10-17-4-6-21-7-5-17/h2-3,8-9H,4-7,10H2,1H3. The molecule has 1 fully saturated rings. The lowest BCUT2D eigenvalue weighted by Crippen LogP contribution is -2.40. The molecule has 116 valence electrons. The van der Waals surface area contributed by atoms with Crippen LogP contribution in [0.5, 0.6) is 5.75 Å². The van der Waals surface area contributed by atoms with Crippen molar-refractivity contribution in [3.63, 3.8) is 0 Å². The van der Waals surface area contributed by atoms with Crippen molar-refractivity contribution in [2.24, 2.45) is 0 Å². The summed E-state index contributed by atoms with van der Waals surface area (Å²) in [5.41, 5.74) is -0.115. The number of morpholine rings is 1. The molecule has 0 aliphatic carbocycles. The number of hydrogen-bond acceptors (Lipinski definition) is 6. The predicted molar refractivity (Wildman–Crippen MR) is 80.6 cm³/mol. The van der Waals surface area contributed by atoms with Crippen molar-refractivity contribution < 1.29 is 18.7 Å². The van der Waals surface area contributed by atoms with E-state index >= 15 is 0 Å². The Morgan fingerprint density at radius 3 is 2.77 bits per heavy atom. The fraction of sp³-hybridized carbons (Fsp3) is 0.375. The van der Waals surface area contributed by atoms with Crippen molar-refractivity contribution in [1.82, 2.24) is 4.90 Å². The monoisotopic (exact) mass is 303 g/mol. The van der Waals surface area contributed by atoms with Crippen LogP contribution in [0.1, 0.15) is 10.4 Å². The molecule has 2 heterocycles. The summed E-state index contributed by atoms with van der Waals surface area (Å²) >= 11 is 0. The number of benzene rings is 1. The van der Waals surface area contributed by atoms with Crippen LogP contribution in [0.2, 0.25) is 0 Å². The lowest BCUT2D eigenvalue weighted by atomic mass is 10.1. The van der Waals surface area contributed by atoms with Gasteiger partial charge in [-0.1, -0.05) is 0 Å². The van der Waals surface area contributed by atoms with Crippen molar-refractivity contribution in [3.8, 4) is 5.75 Å². The molecule has 0 N–H and O–H groups in total. The highest BCUT2D eigenvalue weighted by Gasteiger charge is 2.19. The van der Waals surface area contributed by atoms with E-state index in [-0.39, 0.29) is 17.9 Å². The van der Waals surface area contributed by atoms with Gasteiger partial charge in [-0.15, -0.1) is 0 Å². The molecule has 2 aromatic rings. The summed E-state index contributed by atoms with van der Waals surface area (Å²) in [6, 6.07) is 6.75. The number of carbonyl (C=O) groups excluding carboxylic acids is 1. The Kier molecular flexibility index (Phi) is 4.22. The lowest BCUT2D eigenvalue weighted by molar-refractivity contribution is 0.0370. The van der Waals surface area contributed by atoms with Crippen molar-refractivity contribution in [2.45, 2.75) is 0 Å². The first-order chi connectivity index (χ1) is 10.7. The molecule has 22 heavy (non-hydrogen) atoms. The molecule has 0 spiro atoms. The Bertz CT molecular complexity index is 746. The fourth-order valence-corrected chi connectivity index (χ4v) is 2.46. The average molecular weight is 303 g/mol. The number of rotatable bonds is 4. The first kappa shape index (κ1) is 14.7. The molecule has 1 aliphatic rings. The average Bonchev–Trinajstić information content (AvgIpc) is 2.54. The molecule has 0 bridgehead atoms. The minimum atomic E-state index is -0.612. The van der Waals surface area contributed by atoms with Gasteiger partial charge in [0.1, 0.15) is 16.9 Å². The zero-order valence-electron chi connectivity index (χ0n) is 12.3. The highest BCUT2D eigenvalue weighted by atomic mass is 16.5. The zero-order chi connectivity index (χ0) is 15.5. The van der Waals surface area contributed by atoms with Crippen LogP contribution in [0.3, 0.4) is 0 Å². The molecule has 0 amide bonds. The first-order valence-corrected chi connectivity index (χ1v) is 7.12. The number of methoxy groups -OCH3 is 1. The third-order valence-corrected chi connectivity index (χ3v) is 3.71. The van der Waals surface area contributed by atoms with Crippen molar-refractivity contribution in [2.75, 3.05) is 40.0 Å². The summed E-state index contributed by atoms with van der Waals surface area (Å²) in [7, 11) is 1.54. The summed E-state index contributed by atoms with van der Waals surface area (Å²) in [5.74, 6) is 0.372. The summed E-state index contributed by atoms with van der Waals surface area (Å²) in [6.07, 6.45) is 0. The quantitative estimate of drug-likeness (QED) is 0.627. The van der Waals surface area contributed by atoms with Gasteiger partial charge in [0, 0.05) is 24.5 Å².